The van der Waals surface area contributed by atoms with Crippen LogP contribution in [0.15, 0.2) is 42.5 Å². The summed E-state index contributed by atoms with van der Waals surface area (Å²) in [5, 5.41) is 4.11. The van der Waals surface area contributed by atoms with Gasteiger partial charge in [0.15, 0.2) is 0 Å². The van der Waals surface area contributed by atoms with E-state index in [4.69, 9.17) is 16.3 Å². The van der Waals surface area contributed by atoms with E-state index in [-0.39, 0.29) is 0 Å². The summed E-state index contributed by atoms with van der Waals surface area (Å²) in [6.07, 6.45) is 0. The minimum atomic E-state index is 0.418. The number of hydrogen-bond acceptors (Lipinski definition) is 2. The van der Waals surface area contributed by atoms with Crippen LogP contribution in [0.2, 0.25) is 5.02 Å². The Morgan fingerprint density at radius 2 is 1.80 bits per heavy atom. The summed E-state index contributed by atoms with van der Waals surface area (Å²) in [6, 6.07) is 14.2. The van der Waals surface area contributed by atoms with E-state index in [1.807, 2.05) is 42.5 Å². The van der Waals surface area contributed by atoms with Gasteiger partial charge in [0.25, 0.3) is 0 Å². The molecule has 0 unspecified atom stereocenters. The molecule has 3 heteroatoms. The molecule has 0 spiro atoms. The summed E-state index contributed by atoms with van der Waals surface area (Å²) in [6.45, 7) is 7.03. The van der Waals surface area contributed by atoms with Gasteiger partial charge in [-0.25, -0.2) is 0 Å². The molecular weight excluding hydrogens is 270 g/mol. The second kappa shape index (κ2) is 6.78. The van der Waals surface area contributed by atoms with E-state index >= 15 is 0 Å². The first-order valence-corrected chi connectivity index (χ1v) is 7.19. The monoisotopic (exact) mass is 289 g/mol. The van der Waals surface area contributed by atoms with E-state index in [9.17, 15) is 0 Å². The van der Waals surface area contributed by atoms with Crippen LogP contribution in [-0.4, -0.2) is 6.04 Å². The Labute approximate surface area is 125 Å². The van der Waals surface area contributed by atoms with E-state index in [1.165, 1.54) is 5.56 Å². The Kier molecular flexibility index (Phi) is 5.05. The van der Waals surface area contributed by atoms with E-state index in [0.29, 0.717) is 6.04 Å². The summed E-state index contributed by atoms with van der Waals surface area (Å²) in [5.41, 5.74) is 2.28. The van der Waals surface area contributed by atoms with Crippen molar-refractivity contribution in [2.45, 2.75) is 33.4 Å². The van der Waals surface area contributed by atoms with Gasteiger partial charge in [0.05, 0.1) is 0 Å². The first-order valence-electron chi connectivity index (χ1n) is 6.81. The lowest BCUT2D eigenvalue weighted by atomic mass is 10.2. The highest BCUT2D eigenvalue weighted by atomic mass is 35.5. The van der Waals surface area contributed by atoms with Crippen molar-refractivity contribution in [2.24, 2.45) is 0 Å². The van der Waals surface area contributed by atoms with E-state index < -0.39 is 0 Å². The molecule has 0 aliphatic rings. The highest BCUT2D eigenvalue weighted by molar-refractivity contribution is 6.30. The molecule has 0 amide bonds. The van der Waals surface area contributed by atoms with Crippen LogP contribution >= 0.6 is 11.6 Å². The minimum absolute atomic E-state index is 0.418. The number of halogens is 1. The molecule has 2 aromatic carbocycles. The molecule has 0 aliphatic heterocycles. The van der Waals surface area contributed by atoms with E-state index in [1.54, 1.807) is 0 Å². The predicted octanol–water partition coefficient (Wildman–Crippen LogP) is 4.94. The molecule has 0 fully saturated rings. The van der Waals surface area contributed by atoms with Gasteiger partial charge in [0.1, 0.15) is 11.5 Å². The highest BCUT2D eigenvalue weighted by Gasteiger charge is 2.07. The second-order valence-electron chi connectivity index (χ2n) is 5.20. The van der Waals surface area contributed by atoms with Crippen LogP contribution < -0.4 is 10.1 Å². The fraction of sp³-hybridized carbons (Fsp3) is 0.294. The van der Waals surface area contributed by atoms with Crippen LogP contribution in [0.1, 0.15) is 25.0 Å². The molecule has 0 aliphatic carbocycles. The normalized spacial score (nSPS) is 10.8. The molecule has 2 rings (SSSR count). The number of hydrogen-bond donors (Lipinski definition) is 1. The Balaban J connectivity index is 2.19. The zero-order valence-electron chi connectivity index (χ0n) is 12.1. The fourth-order valence-corrected chi connectivity index (χ4v) is 2.03. The van der Waals surface area contributed by atoms with Crippen LogP contribution in [0.4, 0.5) is 0 Å². The number of nitrogens with one attached hydrogen (secondary N) is 1. The third kappa shape index (κ3) is 4.26. The van der Waals surface area contributed by atoms with Crippen molar-refractivity contribution in [3.8, 4) is 11.5 Å². The standard InChI is InChI=1S/C17H20ClNO/c1-12(2)19-11-14-10-15(18)6-9-17(14)20-16-7-4-13(3)5-8-16/h4-10,12,19H,11H2,1-3H3. The van der Waals surface area contributed by atoms with Crippen molar-refractivity contribution >= 4 is 11.6 Å². The molecule has 0 radical (unpaired) electrons. The molecule has 0 saturated heterocycles. The lowest BCUT2D eigenvalue weighted by molar-refractivity contribution is 0.469. The molecule has 20 heavy (non-hydrogen) atoms. The van der Waals surface area contributed by atoms with Crippen LogP contribution in [0.5, 0.6) is 11.5 Å². The molecule has 0 saturated carbocycles. The van der Waals surface area contributed by atoms with Crippen molar-refractivity contribution < 1.29 is 4.74 Å². The van der Waals surface area contributed by atoms with Gasteiger partial charge in [-0.3, -0.25) is 0 Å². The van der Waals surface area contributed by atoms with Gasteiger partial charge in [0.2, 0.25) is 0 Å². The van der Waals surface area contributed by atoms with Crippen LogP contribution in [0.25, 0.3) is 0 Å². The summed E-state index contributed by atoms with van der Waals surface area (Å²) in [5.74, 6) is 1.68. The van der Waals surface area contributed by atoms with E-state index in [0.717, 1.165) is 28.6 Å². The van der Waals surface area contributed by atoms with Crippen molar-refractivity contribution in [2.75, 3.05) is 0 Å². The number of rotatable bonds is 5. The Bertz CT molecular complexity index is 564. The average molecular weight is 290 g/mol. The first-order chi connectivity index (χ1) is 9.54. The minimum Gasteiger partial charge on any atom is -0.457 e. The average Bonchev–Trinajstić information content (AvgIpc) is 2.41. The van der Waals surface area contributed by atoms with Crippen molar-refractivity contribution in [3.63, 3.8) is 0 Å². The zero-order chi connectivity index (χ0) is 14.5. The number of benzene rings is 2. The van der Waals surface area contributed by atoms with E-state index in [2.05, 4.69) is 26.1 Å². The molecule has 106 valence electrons. The SMILES string of the molecule is Cc1ccc(Oc2ccc(Cl)cc2CNC(C)C)cc1. The van der Waals surface area contributed by atoms with Crippen molar-refractivity contribution in [3.05, 3.63) is 58.6 Å². The van der Waals surface area contributed by atoms with Crippen LogP contribution in [0, 0.1) is 6.92 Å². The molecule has 0 atom stereocenters. The van der Waals surface area contributed by atoms with Crippen LogP contribution in [0.3, 0.4) is 0 Å². The lowest BCUT2D eigenvalue weighted by Crippen LogP contribution is -2.22. The summed E-state index contributed by atoms with van der Waals surface area (Å²) >= 11 is 6.07. The highest BCUT2D eigenvalue weighted by Crippen LogP contribution is 2.28. The smallest absolute Gasteiger partial charge is 0.132 e. The maximum atomic E-state index is 6.07. The van der Waals surface area contributed by atoms with Gasteiger partial charge >= 0.3 is 0 Å². The predicted molar refractivity (Wildman–Crippen MR) is 84.7 cm³/mol. The lowest BCUT2D eigenvalue weighted by Gasteiger charge is -2.14. The molecular formula is C17H20ClNO. The summed E-state index contributed by atoms with van der Waals surface area (Å²) < 4.78 is 5.95. The van der Waals surface area contributed by atoms with Gasteiger partial charge in [0, 0.05) is 23.2 Å². The fourth-order valence-electron chi connectivity index (χ4n) is 1.83. The molecule has 2 aromatic rings. The Hall–Kier alpha value is -1.51. The Morgan fingerprint density at radius 3 is 2.45 bits per heavy atom. The number of ether oxygens (including phenoxy) is 1. The topological polar surface area (TPSA) is 21.3 Å². The van der Waals surface area contributed by atoms with Crippen molar-refractivity contribution in [1.29, 1.82) is 0 Å². The van der Waals surface area contributed by atoms with Gasteiger partial charge in [-0.05, 0) is 37.3 Å². The zero-order valence-corrected chi connectivity index (χ0v) is 12.9. The summed E-state index contributed by atoms with van der Waals surface area (Å²) in [4.78, 5) is 0. The Morgan fingerprint density at radius 1 is 1.10 bits per heavy atom. The van der Waals surface area contributed by atoms with Gasteiger partial charge < -0.3 is 10.1 Å². The maximum absolute atomic E-state index is 6.07. The third-order valence-corrected chi connectivity index (χ3v) is 3.21. The molecule has 2 nitrogen and oxygen atoms in total. The summed E-state index contributed by atoms with van der Waals surface area (Å²) in [7, 11) is 0. The first kappa shape index (κ1) is 14.9. The quantitative estimate of drug-likeness (QED) is 0.842. The largest absolute Gasteiger partial charge is 0.457 e. The molecule has 0 heterocycles. The van der Waals surface area contributed by atoms with Gasteiger partial charge in [-0.15, -0.1) is 0 Å². The molecule has 0 aromatic heterocycles. The van der Waals surface area contributed by atoms with Crippen LogP contribution in [-0.2, 0) is 6.54 Å². The molecule has 0 bridgehead atoms. The maximum Gasteiger partial charge on any atom is 0.132 e. The second-order valence-corrected chi connectivity index (χ2v) is 5.64. The van der Waals surface area contributed by atoms with Gasteiger partial charge in [-0.1, -0.05) is 43.1 Å². The third-order valence-electron chi connectivity index (χ3n) is 2.97. The number of aryl methyl sites for hydroxylation is 1. The van der Waals surface area contributed by atoms with Gasteiger partial charge in [-0.2, -0.15) is 0 Å². The van der Waals surface area contributed by atoms with Crippen molar-refractivity contribution in [1.82, 2.24) is 5.32 Å². The molecule has 1 N–H and O–H groups in total.